The first-order valence-corrected chi connectivity index (χ1v) is 5.77. The van der Waals surface area contributed by atoms with E-state index in [0.29, 0.717) is 11.8 Å². The smallest absolute Gasteiger partial charge is 0.135 e. The fraction of sp³-hybridized carbons (Fsp3) is 0.818. The summed E-state index contributed by atoms with van der Waals surface area (Å²) in [6.07, 6.45) is 2.17. The van der Waals surface area contributed by atoms with E-state index in [9.17, 15) is 0 Å². The first kappa shape index (κ1) is 10.6. The number of nitrogens with two attached hydrogens (primary N) is 1. The second-order valence-electron chi connectivity index (χ2n) is 4.90. The molecule has 2 rings (SSSR count). The first-order chi connectivity index (χ1) is 7.09. The molecular formula is C11H20N4. The summed E-state index contributed by atoms with van der Waals surface area (Å²) in [7, 11) is 0. The van der Waals surface area contributed by atoms with Gasteiger partial charge in [-0.1, -0.05) is 13.8 Å². The van der Waals surface area contributed by atoms with Crippen LogP contribution < -0.4 is 5.73 Å². The fourth-order valence-electron chi connectivity index (χ4n) is 2.23. The number of hydrogen-bond acceptors (Lipinski definition) is 3. The summed E-state index contributed by atoms with van der Waals surface area (Å²) in [5, 5.41) is 8.51. The number of aryl methyl sites for hydroxylation is 1. The molecule has 2 unspecified atom stereocenters. The van der Waals surface area contributed by atoms with Gasteiger partial charge in [-0.25, -0.2) is 0 Å². The van der Waals surface area contributed by atoms with Gasteiger partial charge >= 0.3 is 0 Å². The van der Waals surface area contributed by atoms with Gasteiger partial charge in [0.1, 0.15) is 11.6 Å². The molecule has 0 fully saturated rings. The SMILES string of the molecule is CC(C)c1nnc2n1CC(C(C)N)CC2. The lowest BCUT2D eigenvalue weighted by Crippen LogP contribution is -2.34. The Morgan fingerprint density at radius 1 is 1.33 bits per heavy atom. The summed E-state index contributed by atoms with van der Waals surface area (Å²) in [5.74, 6) is 3.26. The highest BCUT2D eigenvalue weighted by atomic mass is 15.3. The molecule has 0 saturated carbocycles. The lowest BCUT2D eigenvalue weighted by atomic mass is 9.93. The maximum atomic E-state index is 5.97. The Hall–Kier alpha value is -0.900. The van der Waals surface area contributed by atoms with Crippen LogP contribution in [0.5, 0.6) is 0 Å². The van der Waals surface area contributed by atoms with Crippen LogP contribution in [-0.2, 0) is 13.0 Å². The Bertz CT molecular complexity index is 340. The molecular weight excluding hydrogens is 188 g/mol. The summed E-state index contributed by atoms with van der Waals surface area (Å²) < 4.78 is 2.27. The molecule has 2 atom stereocenters. The Labute approximate surface area is 90.9 Å². The predicted octanol–water partition coefficient (Wildman–Crippen LogP) is 1.31. The highest BCUT2D eigenvalue weighted by molar-refractivity contribution is 5.03. The van der Waals surface area contributed by atoms with Gasteiger partial charge < -0.3 is 10.3 Å². The summed E-state index contributed by atoms with van der Waals surface area (Å²) in [6, 6.07) is 0.264. The maximum Gasteiger partial charge on any atom is 0.135 e. The van der Waals surface area contributed by atoms with Crippen LogP contribution in [0, 0.1) is 5.92 Å². The van der Waals surface area contributed by atoms with Crippen molar-refractivity contribution in [3.05, 3.63) is 11.6 Å². The second-order valence-corrected chi connectivity index (χ2v) is 4.90. The van der Waals surface area contributed by atoms with Crippen molar-refractivity contribution < 1.29 is 0 Å². The molecule has 0 radical (unpaired) electrons. The van der Waals surface area contributed by atoms with Gasteiger partial charge in [0.25, 0.3) is 0 Å². The molecule has 0 spiro atoms. The standard InChI is InChI=1S/C11H20N4/c1-7(2)11-14-13-10-5-4-9(8(3)12)6-15(10)11/h7-9H,4-6,12H2,1-3H3. The average Bonchev–Trinajstić information content (AvgIpc) is 2.59. The third kappa shape index (κ3) is 1.91. The van der Waals surface area contributed by atoms with Gasteiger partial charge in [-0.2, -0.15) is 0 Å². The lowest BCUT2D eigenvalue weighted by molar-refractivity contribution is 0.314. The van der Waals surface area contributed by atoms with Gasteiger partial charge in [0, 0.05) is 24.9 Å². The third-order valence-electron chi connectivity index (χ3n) is 3.27. The number of hydrogen-bond donors (Lipinski definition) is 1. The van der Waals surface area contributed by atoms with Crippen LogP contribution in [0.3, 0.4) is 0 Å². The molecule has 2 heterocycles. The molecule has 0 bridgehead atoms. The Morgan fingerprint density at radius 2 is 2.07 bits per heavy atom. The minimum atomic E-state index is 0.264. The molecule has 4 heteroatoms. The third-order valence-corrected chi connectivity index (χ3v) is 3.27. The molecule has 1 aliphatic rings. The number of rotatable bonds is 2. The molecule has 84 valence electrons. The van der Waals surface area contributed by atoms with Crippen LogP contribution in [0.1, 0.15) is 44.8 Å². The minimum absolute atomic E-state index is 0.264. The number of fused-ring (bicyclic) bond motifs is 1. The zero-order valence-corrected chi connectivity index (χ0v) is 9.77. The molecule has 1 aromatic rings. The van der Waals surface area contributed by atoms with Crippen LogP contribution in [0.2, 0.25) is 0 Å². The predicted molar refractivity (Wildman–Crippen MR) is 59.6 cm³/mol. The van der Waals surface area contributed by atoms with Gasteiger partial charge in [0.2, 0.25) is 0 Å². The van der Waals surface area contributed by atoms with E-state index in [1.54, 1.807) is 0 Å². The van der Waals surface area contributed by atoms with E-state index >= 15 is 0 Å². The van der Waals surface area contributed by atoms with Crippen LogP contribution in [0.15, 0.2) is 0 Å². The van der Waals surface area contributed by atoms with Crippen molar-refractivity contribution >= 4 is 0 Å². The van der Waals surface area contributed by atoms with Crippen molar-refractivity contribution in [1.29, 1.82) is 0 Å². The van der Waals surface area contributed by atoms with E-state index in [1.165, 1.54) is 0 Å². The van der Waals surface area contributed by atoms with Crippen molar-refractivity contribution in [2.45, 2.75) is 52.1 Å². The molecule has 15 heavy (non-hydrogen) atoms. The van der Waals surface area contributed by atoms with Crippen molar-refractivity contribution in [1.82, 2.24) is 14.8 Å². The highest BCUT2D eigenvalue weighted by Gasteiger charge is 2.25. The Morgan fingerprint density at radius 3 is 2.67 bits per heavy atom. The van der Waals surface area contributed by atoms with E-state index in [2.05, 4.69) is 35.5 Å². The van der Waals surface area contributed by atoms with E-state index in [0.717, 1.165) is 31.0 Å². The molecule has 0 saturated heterocycles. The van der Waals surface area contributed by atoms with Crippen LogP contribution in [-0.4, -0.2) is 20.8 Å². The molecule has 1 aromatic heterocycles. The normalized spacial score (nSPS) is 22.9. The lowest BCUT2D eigenvalue weighted by Gasteiger charge is -2.27. The van der Waals surface area contributed by atoms with E-state index < -0.39 is 0 Å². The fourth-order valence-corrected chi connectivity index (χ4v) is 2.23. The monoisotopic (exact) mass is 208 g/mol. The van der Waals surface area contributed by atoms with Crippen molar-refractivity contribution in [3.8, 4) is 0 Å². The Balaban J connectivity index is 2.26. The summed E-state index contributed by atoms with van der Waals surface area (Å²) in [6.45, 7) is 7.40. The molecule has 0 aliphatic carbocycles. The van der Waals surface area contributed by atoms with E-state index in [-0.39, 0.29) is 6.04 Å². The zero-order valence-electron chi connectivity index (χ0n) is 9.77. The van der Waals surface area contributed by atoms with Crippen molar-refractivity contribution in [2.24, 2.45) is 11.7 Å². The van der Waals surface area contributed by atoms with Gasteiger partial charge in [0.15, 0.2) is 0 Å². The molecule has 0 aromatic carbocycles. The highest BCUT2D eigenvalue weighted by Crippen LogP contribution is 2.24. The van der Waals surface area contributed by atoms with Crippen molar-refractivity contribution in [3.63, 3.8) is 0 Å². The first-order valence-electron chi connectivity index (χ1n) is 5.77. The van der Waals surface area contributed by atoms with Gasteiger partial charge in [-0.3, -0.25) is 0 Å². The molecule has 0 amide bonds. The zero-order chi connectivity index (χ0) is 11.0. The van der Waals surface area contributed by atoms with Crippen LogP contribution in [0.4, 0.5) is 0 Å². The Kier molecular flexibility index (Phi) is 2.78. The number of aromatic nitrogens is 3. The molecule has 4 nitrogen and oxygen atoms in total. The van der Waals surface area contributed by atoms with Crippen LogP contribution >= 0.6 is 0 Å². The maximum absolute atomic E-state index is 5.97. The van der Waals surface area contributed by atoms with E-state index in [1.807, 2.05) is 0 Å². The van der Waals surface area contributed by atoms with Gasteiger partial charge in [-0.05, 0) is 19.3 Å². The minimum Gasteiger partial charge on any atom is -0.328 e. The van der Waals surface area contributed by atoms with Gasteiger partial charge in [0.05, 0.1) is 0 Å². The average molecular weight is 208 g/mol. The van der Waals surface area contributed by atoms with Crippen LogP contribution in [0.25, 0.3) is 0 Å². The summed E-state index contributed by atoms with van der Waals surface area (Å²) in [4.78, 5) is 0. The van der Waals surface area contributed by atoms with E-state index in [4.69, 9.17) is 5.73 Å². The topological polar surface area (TPSA) is 56.7 Å². The summed E-state index contributed by atoms with van der Waals surface area (Å²) >= 11 is 0. The van der Waals surface area contributed by atoms with Crippen molar-refractivity contribution in [2.75, 3.05) is 0 Å². The second kappa shape index (κ2) is 3.93. The molecule has 2 N–H and O–H groups in total. The summed E-state index contributed by atoms with van der Waals surface area (Å²) in [5.41, 5.74) is 5.97. The number of nitrogens with zero attached hydrogens (tertiary/aromatic N) is 3. The quantitative estimate of drug-likeness (QED) is 0.797. The van der Waals surface area contributed by atoms with Gasteiger partial charge in [-0.15, -0.1) is 10.2 Å². The largest absolute Gasteiger partial charge is 0.328 e. The molecule has 1 aliphatic heterocycles.